The van der Waals surface area contributed by atoms with Gasteiger partial charge in [0.2, 0.25) is 0 Å². The van der Waals surface area contributed by atoms with Crippen LogP contribution in [0.2, 0.25) is 5.02 Å². The van der Waals surface area contributed by atoms with Crippen molar-refractivity contribution < 1.29 is 4.79 Å². The summed E-state index contributed by atoms with van der Waals surface area (Å²) in [6, 6.07) is 13.8. The molecule has 1 amide bonds. The summed E-state index contributed by atoms with van der Waals surface area (Å²) in [7, 11) is 0. The highest BCUT2D eigenvalue weighted by Gasteiger charge is 2.29. The maximum absolute atomic E-state index is 12.9. The van der Waals surface area contributed by atoms with Gasteiger partial charge in [-0.2, -0.15) is 5.10 Å². The molecule has 3 heterocycles. The Morgan fingerprint density at radius 2 is 2.09 bits per heavy atom. The average Bonchev–Trinajstić information content (AvgIpc) is 2.98. The molecule has 116 valence electrons. The average molecular weight is 326 g/mol. The number of aromatic nitrogens is 2. The molecule has 23 heavy (non-hydrogen) atoms. The van der Waals surface area contributed by atoms with E-state index in [4.69, 9.17) is 11.6 Å². The van der Waals surface area contributed by atoms with Crippen LogP contribution in [0.4, 0.5) is 0 Å². The third kappa shape index (κ3) is 2.39. The van der Waals surface area contributed by atoms with E-state index >= 15 is 0 Å². The Bertz CT molecular complexity index is 902. The van der Waals surface area contributed by atoms with Crippen molar-refractivity contribution >= 4 is 23.0 Å². The molecule has 0 saturated heterocycles. The standard InChI is InChI=1S/C18H16ClN3O/c1-12-16-5-3-2-4-13(16)8-9-21(12)18(23)17-10-15-7-6-14(19)11-22(15)20-17/h2-7,10-12H,8-9H2,1H3/t12-/m1/s1. The maximum Gasteiger partial charge on any atom is 0.274 e. The van der Waals surface area contributed by atoms with Crippen LogP contribution in [0, 0.1) is 0 Å². The number of hydrogen-bond donors (Lipinski definition) is 0. The highest BCUT2D eigenvalue weighted by atomic mass is 35.5. The van der Waals surface area contributed by atoms with Gasteiger partial charge in [0.1, 0.15) is 0 Å². The minimum Gasteiger partial charge on any atom is -0.330 e. The largest absolute Gasteiger partial charge is 0.330 e. The van der Waals surface area contributed by atoms with E-state index in [0.717, 1.165) is 11.9 Å². The maximum atomic E-state index is 12.9. The van der Waals surface area contributed by atoms with E-state index in [0.29, 0.717) is 17.3 Å². The fourth-order valence-electron chi connectivity index (χ4n) is 3.26. The Kier molecular flexibility index (Phi) is 3.34. The van der Waals surface area contributed by atoms with Crippen molar-refractivity contribution in [3.05, 3.63) is 70.5 Å². The van der Waals surface area contributed by atoms with Crippen LogP contribution < -0.4 is 0 Å². The quantitative estimate of drug-likeness (QED) is 0.683. The summed E-state index contributed by atoms with van der Waals surface area (Å²) >= 11 is 5.98. The highest BCUT2D eigenvalue weighted by Crippen LogP contribution is 2.30. The number of carbonyl (C=O) groups excluding carboxylic acids is 1. The van der Waals surface area contributed by atoms with Gasteiger partial charge in [0.25, 0.3) is 5.91 Å². The third-order valence-corrected chi connectivity index (χ3v) is 4.72. The van der Waals surface area contributed by atoms with Gasteiger partial charge in [-0.25, -0.2) is 4.52 Å². The first-order chi connectivity index (χ1) is 11.1. The molecule has 4 rings (SSSR count). The van der Waals surface area contributed by atoms with E-state index in [2.05, 4.69) is 30.2 Å². The molecule has 0 fully saturated rings. The Labute approximate surface area is 139 Å². The third-order valence-electron chi connectivity index (χ3n) is 4.50. The molecule has 0 aliphatic carbocycles. The number of nitrogens with zero attached hydrogens (tertiary/aromatic N) is 3. The van der Waals surface area contributed by atoms with E-state index in [-0.39, 0.29) is 11.9 Å². The van der Waals surface area contributed by atoms with Crippen molar-refractivity contribution in [1.82, 2.24) is 14.5 Å². The fourth-order valence-corrected chi connectivity index (χ4v) is 3.42. The smallest absolute Gasteiger partial charge is 0.274 e. The monoisotopic (exact) mass is 325 g/mol. The molecule has 1 aromatic carbocycles. The number of fused-ring (bicyclic) bond motifs is 2. The van der Waals surface area contributed by atoms with Crippen LogP contribution in [-0.4, -0.2) is 27.0 Å². The Morgan fingerprint density at radius 1 is 1.26 bits per heavy atom. The predicted octanol–water partition coefficient (Wildman–Crippen LogP) is 3.75. The molecule has 1 atom stereocenters. The number of halogens is 1. The summed E-state index contributed by atoms with van der Waals surface area (Å²) < 4.78 is 1.65. The number of hydrogen-bond acceptors (Lipinski definition) is 2. The van der Waals surface area contributed by atoms with Gasteiger partial charge in [-0.05, 0) is 42.7 Å². The summed E-state index contributed by atoms with van der Waals surface area (Å²) in [6.07, 6.45) is 2.59. The van der Waals surface area contributed by atoms with Crippen LogP contribution in [0.25, 0.3) is 5.52 Å². The molecule has 4 nitrogen and oxygen atoms in total. The first-order valence-corrected chi connectivity index (χ1v) is 8.05. The van der Waals surface area contributed by atoms with Gasteiger partial charge >= 0.3 is 0 Å². The number of pyridine rings is 1. The molecule has 5 heteroatoms. The molecule has 1 aliphatic rings. The lowest BCUT2D eigenvalue weighted by Crippen LogP contribution is -2.39. The Balaban J connectivity index is 1.68. The van der Waals surface area contributed by atoms with Crippen LogP contribution in [-0.2, 0) is 6.42 Å². The lowest BCUT2D eigenvalue weighted by Gasteiger charge is -2.34. The molecule has 0 radical (unpaired) electrons. The van der Waals surface area contributed by atoms with Crippen molar-refractivity contribution in [2.45, 2.75) is 19.4 Å². The first kappa shape index (κ1) is 14.3. The summed E-state index contributed by atoms with van der Waals surface area (Å²) in [6.45, 7) is 2.79. The number of carbonyl (C=O) groups is 1. The minimum absolute atomic E-state index is 0.0353. The van der Waals surface area contributed by atoms with Gasteiger partial charge in [0.15, 0.2) is 5.69 Å². The zero-order valence-electron chi connectivity index (χ0n) is 12.7. The van der Waals surface area contributed by atoms with Gasteiger partial charge < -0.3 is 4.90 Å². The number of benzene rings is 1. The van der Waals surface area contributed by atoms with Crippen LogP contribution in [0.3, 0.4) is 0 Å². The van der Waals surface area contributed by atoms with Crippen molar-refractivity contribution in [3.63, 3.8) is 0 Å². The minimum atomic E-state index is -0.0353. The summed E-state index contributed by atoms with van der Waals surface area (Å²) in [5, 5.41) is 4.98. The van der Waals surface area contributed by atoms with Crippen molar-refractivity contribution in [2.75, 3.05) is 6.54 Å². The Hall–Kier alpha value is -2.33. The molecule has 1 aliphatic heterocycles. The van der Waals surface area contributed by atoms with E-state index < -0.39 is 0 Å². The SMILES string of the molecule is C[C@@H]1c2ccccc2CCN1C(=O)c1cc2ccc(Cl)cn2n1. The first-order valence-electron chi connectivity index (χ1n) is 7.67. The Morgan fingerprint density at radius 3 is 2.96 bits per heavy atom. The van der Waals surface area contributed by atoms with Crippen LogP contribution in [0.1, 0.15) is 34.6 Å². The van der Waals surface area contributed by atoms with Gasteiger partial charge in [-0.3, -0.25) is 4.79 Å². The van der Waals surface area contributed by atoms with Crippen molar-refractivity contribution in [1.29, 1.82) is 0 Å². The van der Waals surface area contributed by atoms with Gasteiger partial charge in [0.05, 0.1) is 16.6 Å². The van der Waals surface area contributed by atoms with E-state index in [1.54, 1.807) is 16.8 Å². The molecule has 0 saturated carbocycles. The van der Waals surface area contributed by atoms with Gasteiger partial charge in [-0.1, -0.05) is 35.9 Å². The number of rotatable bonds is 1. The summed E-state index contributed by atoms with van der Waals surface area (Å²) in [5.41, 5.74) is 3.87. The lowest BCUT2D eigenvalue weighted by molar-refractivity contribution is 0.0671. The van der Waals surface area contributed by atoms with E-state index in [1.807, 2.05) is 23.1 Å². The second-order valence-electron chi connectivity index (χ2n) is 5.87. The zero-order valence-corrected chi connectivity index (χ0v) is 13.5. The normalized spacial score (nSPS) is 17.3. The fraction of sp³-hybridized carbons (Fsp3) is 0.222. The van der Waals surface area contributed by atoms with Crippen LogP contribution >= 0.6 is 11.6 Å². The van der Waals surface area contributed by atoms with Gasteiger partial charge in [-0.15, -0.1) is 0 Å². The second-order valence-corrected chi connectivity index (χ2v) is 6.31. The van der Waals surface area contributed by atoms with Crippen LogP contribution in [0.15, 0.2) is 48.7 Å². The van der Waals surface area contributed by atoms with E-state index in [1.165, 1.54) is 11.1 Å². The lowest BCUT2D eigenvalue weighted by atomic mass is 9.93. The molecule has 3 aromatic rings. The zero-order chi connectivity index (χ0) is 16.0. The topological polar surface area (TPSA) is 37.6 Å². The van der Waals surface area contributed by atoms with Gasteiger partial charge in [0, 0.05) is 12.7 Å². The molecule has 0 bridgehead atoms. The summed E-state index contributed by atoms with van der Waals surface area (Å²) in [5.74, 6) is -0.0353. The molecule has 0 N–H and O–H groups in total. The predicted molar refractivity (Wildman–Crippen MR) is 89.8 cm³/mol. The number of amides is 1. The van der Waals surface area contributed by atoms with Crippen LogP contribution in [0.5, 0.6) is 0 Å². The molecular weight excluding hydrogens is 310 g/mol. The highest BCUT2D eigenvalue weighted by molar-refractivity contribution is 6.30. The summed E-state index contributed by atoms with van der Waals surface area (Å²) in [4.78, 5) is 14.8. The molecule has 2 aromatic heterocycles. The molecule has 0 unspecified atom stereocenters. The van der Waals surface area contributed by atoms with Crippen molar-refractivity contribution in [2.24, 2.45) is 0 Å². The molecule has 0 spiro atoms. The van der Waals surface area contributed by atoms with Crippen molar-refractivity contribution in [3.8, 4) is 0 Å². The van der Waals surface area contributed by atoms with E-state index in [9.17, 15) is 4.79 Å². The molecular formula is C18H16ClN3O. The second kappa shape index (κ2) is 5.39.